The van der Waals surface area contributed by atoms with Crippen molar-refractivity contribution in [3.63, 3.8) is 0 Å². The van der Waals surface area contributed by atoms with Gasteiger partial charge in [-0.15, -0.1) is 0 Å². The molecule has 2 nitrogen and oxygen atoms in total. The van der Waals surface area contributed by atoms with E-state index in [0.717, 1.165) is 31.4 Å². The molecule has 15 heavy (non-hydrogen) atoms. The third kappa shape index (κ3) is 3.07. The second kappa shape index (κ2) is 5.53. The van der Waals surface area contributed by atoms with Crippen molar-refractivity contribution in [2.45, 2.75) is 33.1 Å². The average Bonchev–Trinajstić information content (AvgIpc) is 2.24. The quantitative estimate of drug-likeness (QED) is 0.762. The number of benzene rings is 1. The molecular weight excluding hydrogens is 184 g/mol. The van der Waals surface area contributed by atoms with Gasteiger partial charge in [-0.05, 0) is 68.5 Å². The topological polar surface area (TPSA) is 49.8 Å². The standard InChI is InChI=1S/C13H18N2/c1-10-7-12(9-15)8-13(11(10)2)5-3-4-6-14/h7-8H,3-6,14H2,1-2H3. The van der Waals surface area contributed by atoms with Crippen molar-refractivity contribution < 1.29 is 0 Å². The van der Waals surface area contributed by atoms with Crippen LogP contribution in [0.2, 0.25) is 0 Å². The highest BCUT2D eigenvalue weighted by Gasteiger charge is 2.03. The molecule has 0 aromatic heterocycles. The van der Waals surface area contributed by atoms with Crippen LogP contribution in [-0.2, 0) is 6.42 Å². The van der Waals surface area contributed by atoms with E-state index in [2.05, 4.69) is 19.9 Å². The molecular formula is C13H18N2. The predicted octanol–water partition coefficient (Wildman–Crippen LogP) is 2.46. The van der Waals surface area contributed by atoms with Crippen LogP contribution >= 0.6 is 0 Å². The Morgan fingerprint density at radius 1 is 1.27 bits per heavy atom. The molecule has 0 saturated carbocycles. The van der Waals surface area contributed by atoms with Gasteiger partial charge in [-0.25, -0.2) is 0 Å². The lowest BCUT2D eigenvalue weighted by atomic mass is 9.96. The molecule has 1 aromatic carbocycles. The smallest absolute Gasteiger partial charge is 0.0991 e. The molecule has 0 heterocycles. The predicted molar refractivity (Wildman–Crippen MR) is 62.6 cm³/mol. The first-order valence-corrected chi connectivity index (χ1v) is 5.39. The van der Waals surface area contributed by atoms with Crippen LogP contribution in [0.5, 0.6) is 0 Å². The molecule has 0 aliphatic rings. The fraction of sp³-hybridized carbons (Fsp3) is 0.462. The van der Waals surface area contributed by atoms with Gasteiger partial charge >= 0.3 is 0 Å². The summed E-state index contributed by atoms with van der Waals surface area (Å²) < 4.78 is 0. The summed E-state index contributed by atoms with van der Waals surface area (Å²) in [5, 5.41) is 8.88. The highest BCUT2D eigenvalue weighted by atomic mass is 14.5. The Balaban J connectivity index is 2.86. The van der Waals surface area contributed by atoms with Gasteiger partial charge in [0.1, 0.15) is 0 Å². The molecule has 1 aromatic rings. The van der Waals surface area contributed by atoms with Crippen LogP contribution in [0, 0.1) is 25.2 Å². The molecule has 0 radical (unpaired) electrons. The van der Waals surface area contributed by atoms with E-state index in [-0.39, 0.29) is 0 Å². The number of nitrogens with zero attached hydrogens (tertiary/aromatic N) is 1. The number of nitriles is 1. The maximum atomic E-state index is 8.88. The second-order valence-corrected chi connectivity index (χ2v) is 3.93. The number of nitrogens with two attached hydrogens (primary N) is 1. The Bertz CT molecular complexity index is 375. The molecule has 0 fully saturated rings. The minimum Gasteiger partial charge on any atom is -0.330 e. The highest BCUT2D eigenvalue weighted by molar-refractivity contribution is 5.42. The van der Waals surface area contributed by atoms with Gasteiger partial charge in [0.15, 0.2) is 0 Å². The van der Waals surface area contributed by atoms with Gasteiger partial charge in [0.05, 0.1) is 11.6 Å². The SMILES string of the molecule is Cc1cc(C#N)cc(CCCCN)c1C. The molecule has 2 N–H and O–H groups in total. The highest BCUT2D eigenvalue weighted by Crippen LogP contribution is 2.17. The molecule has 0 saturated heterocycles. The van der Waals surface area contributed by atoms with E-state index < -0.39 is 0 Å². The van der Waals surface area contributed by atoms with E-state index in [1.54, 1.807) is 0 Å². The average molecular weight is 202 g/mol. The zero-order valence-electron chi connectivity index (χ0n) is 9.51. The van der Waals surface area contributed by atoms with Crippen molar-refractivity contribution in [3.05, 3.63) is 34.4 Å². The van der Waals surface area contributed by atoms with E-state index in [1.807, 2.05) is 12.1 Å². The normalized spacial score (nSPS) is 10.0. The summed E-state index contributed by atoms with van der Waals surface area (Å²) in [6.07, 6.45) is 3.18. The second-order valence-electron chi connectivity index (χ2n) is 3.93. The van der Waals surface area contributed by atoms with Crippen LogP contribution < -0.4 is 5.73 Å². The number of aryl methyl sites for hydroxylation is 2. The maximum absolute atomic E-state index is 8.88. The van der Waals surface area contributed by atoms with Gasteiger partial charge in [0, 0.05) is 0 Å². The molecule has 0 atom stereocenters. The first kappa shape index (κ1) is 11.7. The van der Waals surface area contributed by atoms with Crippen LogP contribution in [0.3, 0.4) is 0 Å². The van der Waals surface area contributed by atoms with Gasteiger partial charge < -0.3 is 5.73 Å². The number of rotatable bonds is 4. The fourth-order valence-electron chi connectivity index (χ4n) is 1.72. The van der Waals surface area contributed by atoms with Crippen molar-refractivity contribution >= 4 is 0 Å². The Morgan fingerprint density at radius 2 is 2.00 bits per heavy atom. The van der Waals surface area contributed by atoms with Crippen molar-refractivity contribution in [1.82, 2.24) is 0 Å². The van der Waals surface area contributed by atoms with E-state index in [4.69, 9.17) is 11.0 Å². The zero-order chi connectivity index (χ0) is 11.3. The molecule has 80 valence electrons. The summed E-state index contributed by atoms with van der Waals surface area (Å²) in [6.45, 7) is 4.92. The minimum atomic E-state index is 0.746. The van der Waals surface area contributed by atoms with Crippen LogP contribution in [0.25, 0.3) is 0 Å². The summed E-state index contributed by atoms with van der Waals surface area (Å²) in [5.41, 5.74) is 10.0. The van der Waals surface area contributed by atoms with Crippen LogP contribution in [0.1, 0.15) is 35.1 Å². The summed E-state index contributed by atoms with van der Waals surface area (Å²) in [6, 6.07) is 6.15. The zero-order valence-corrected chi connectivity index (χ0v) is 9.51. The van der Waals surface area contributed by atoms with Gasteiger partial charge in [-0.2, -0.15) is 5.26 Å². The molecule has 0 aliphatic carbocycles. The van der Waals surface area contributed by atoms with Gasteiger partial charge in [0.25, 0.3) is 0 Å². The number of hydrogen-bond donors (Lipinski definition) is 1. The lowest BCUT2D eigenvalue weighted by molar-refractivity contribution is 0.741. The van der Waals surface area contributed by atoms with E-state index >= 15 is 0 Å². The minimum absolute atomic E-state index is 0.746. The van der Waals surface area contributed by atoms with Gasteiger partial charge in [-0.3, -0.25) is 0 Å². The molecule has 0 spiro atoms. The fourth-order valence-corrected chi connectivity index (χ4v) is 1.72. The molecule has 0 aliphatic heterocycles. The summed E-state index contributed by atoms with van der Waals surface area (Å²) in [7, 11) is 0. The third-order valence-corrected chi connectivity index (χ3v) is 2.80. The van der Waals surface area contributed by atoms with Crippen LogP contribution in [-0.4, -0.2) is 6.54 Å². The summed E-state index contributed by atoms with van der Waals surface area (Å²) in [4.78, 5) is 0. The Morgan fingerprint density at radius 3 is 2.60 bits per heavy atom. The monoisotopic (exact) mass is 202 g/mol. The largest absolute Gasteiger partial charge is 0.330 e. The van der Waals surface area contributed by atoms with E-state index in [1.165, 1.54) is 16.7 Å². The summed E-state index contributed by atoms with van der Waals surface area (Å²) in [5.74, 6) is 0. The van der Waals surface area contributed by atoms with Crippen molar-refractivity contribution in [1.29, 1.82) is 5.26 Å². The maximum Gasteiger partial charge on any atom is 0.0991 e. The summed E-state index contributed by atoms with van der Waals surface area (Å²) >= 11 is 0. The molecule has 0 bridgehead atoms. The molecule has 0 unspecified atom stereocenters. The molecule has 2 heteroatoms. The lowest BCUT2D eigenvalue weighted by Crippen LogP contribution is -2.00. The van der Waals surface area contributed by atoms with E-state index in [0.29, 0.717) is 0 Å². The number of hydrogen-bond acceptors (Lipinski definition) is 2. The Labute approximate surface area is 91.7 Å². The first-order chi connectivity index (χ1) is 7.19. The Kier molecular flexibility index (Phi) is 4.33. The van der Waals surface area contributed by atoms with Crippen molar-refractivity contribution in [2.75, 3.05) is 6.54 Å². The van der Waals surface area contributed by atoms with Crippen molar-refractivity contribution in [3.8, 4) is 6.07 Å². The van der Waals surface area contributed by atoms with Gasteiger partial charge in [-0.1, -0.05) is 0 Å². The Hall–Kier alpha value is -1.33. The molecule has 0 amide bonds. The lowest BCUT2D eigenvalue weighted by Gasteiger charge is -2.09. The number of unbranched alkanes of at least 4 members (excludes halogenated alkanes) is 1. The van der Waals surface area contributed by atoms with E-state index in [9.17, 15) is 0 Å². The van der Waals surface area contributed by atoms with Crippen molar-refractivity contribution in [2.24, 2.45) is 5.73 Å². The van der Waals surface area contributed by atoms with Gasteiger partial charge in [0.2, 0.25) is 0 Å². The molecule has 1 rings (SSSR count). The first-order valence-electron chi connectivity index (χ1n) is 5.39. The van der Waals surface area contributed by atoms with Crippen LogP contribution in [0.15, 0.2) is 12.1 Å². The van der Waals surface area contributed by atoms with Crippen LogP contribution in [0.4, 0.5) is 0 Å². The third-order valence-electron chi connectivity index (χ3n) is 2.80.